The van der Waals surface area contributed by atoms with Crippen LogP contribution in [0.3, 0.4) is 0 Å². The minimum atomic E-state index is -0.607. The third-order valence-corrected chi connectivity index (χ3v) is 5.82. The zero-order valence-corrected chi connectivity index (χ0v) is 19.5. The molecule has 0 aliphatic rings. The topological polar surface area (TPSA) is 122 Å². The van der Waals surface area contributed by atoms with Crippen molar-refractivity contribution in [3.63, 3.8) is 0 Å². The molecule has 35 heavy (non-hydrogen) atoms. The van der Waals surface area contributed by atoms with Crippen LogP contribution in [0.2, 0.25) is 0 Å². The maximum atomic E-state index is 12.7. The third kappa shape index (κ3) is 5.33. The van der Waals surface area contributed by atoms with Gasteiger partial charge < -0.3 is 25.6 Å². The van der Waals surface area contributed by atoms with Gasteiger partial charge in [0.15, 0.2) is 12.4 Å². The van der Waals surface area contributed by atoms with Crippen LogP contribution in [0.1, 0.15) is 32.7 Å². The Balaban J connectivity index is 1.49. The highest BCUT2D eigenvalue weighted by Crippen LogP contribution is 2.27. The Morgan fingerprint density at radius 3 is 2.29 bits per heavy atom. The van der Waals surface area contributed by atoms with Gasteiger partial charge in [-0.25, -0.2) is 4.79 Å². The fourth-order valence-corrected chi connectivity index (χ4v) is 3.82. The zero-order chi connectivity index (χ0) is 24.9. The number of hydrogen-bond acceptors (Lipinski definition) is 5. The molecule has 1 aromatic heterocycles. The molecule has 0 spiro atoms. The summed E-state index contributed by atoms with van der Waals surface area (Å²) in [5.41, 5.74) is 16.4. The molecule has 1 heterocycles. The first-order chi connectivity index (χ1) is 16.8. The van der Waals surface area contributed by atoms with Crippen LogP contribution in [0.25, 0.3) is 10.9 Å². The Labute approximate surface area is 202 Å². The van der Waals surface area contributed by atoms with Crippen molar-refractivity contribution >= 4 is 28.6 Å². The number of amidine groups is 1. The van der Waals surface area contributed by atoms with Crippen molar-refractivity contribution < 1.29 is 19.2 Å². The van der Waals surface area contributed by atoms with E-state index in [0.717, 1.165) is 28.7 Å². The predicted molar refractivity (Wildman–Crippen MR) is 134 cm³/mol. The molecule has 4 rings (SSSR count). The monoisotopic (exact) mass is 470 g/mol. The Kier molecular flexibility index (Phi) is 6.82. The van der Waals surface area contributed by atoms with E-state index < -0.39 is 11.9 Å². The second-order valence-corrected chi connectivity index (χ2v) is 8.15. The third-order valence-electron chi connectivity index (χ3n) is 5.82. The van der Waals surface area contributed by atoms with Crippen molar-refractivity contribution in [2.75, 3.05) is 6.61 Å². The number of carbonyl (C=O) groups is 2. The number of oxime groups is 1. The van der Waals surface area contributed by atoms with Gasteiger partial charge in [0, 0.05) is 28.7 Å². The highest BCUT2D eigenvalue weighted by atomic mass is 16.7. The van der Waals surface area contributed by atoms with E-state index in [1.54, 1.807) is 30.3 Å². The summed E-state index contributed by atoms with van der Waals surface area (Å²) in [7, 11) is 0. The Hall–Kier alpha value is -4.59. The van der Waals surface area contributed by atoms with Gasteiger partial charge in [-0.15, -0.1) is 0 Å². The van der Waals surface area contributed by atoms with Gasteiger partial charge in [0.05, 0.1) is 5.56 Å². The molecule has 0 aliphatic carbocycles. The lowest BCUT2D eigenvalue weighted by atomic mass is 10.1. The van der Waals surface area contributed by atoms with Crippen molar-refractivity contribution in [2.24, 2.45) is 16.6 Å². The number of aromatic nitrogens is 1. The minimum Gasteiger partial charge on any atom is -0.484 e. The average molecular weight is 471 g/mol. The molecule has 8 heteroatoms. The van der Waals surface area contributed by atoms with E-state index in [4.69, 9.17) is 21.0 Å². The van der Waals surface area contributed by atoms with Crippen molar-refractivity contribution in [2.45, 2.75) is 20.4 Å². The molecule has 3 aromatic carbocycles. The Bertz CT molecular complexity index is 1410. The summed E-state index contributed by atoms with van der Waals surface area (Å²) < 4.78 is 7.44. The fourth-order valence-electron chi connectivity index (χ4n) is 3.82. The molecule has 0 atom stereocenters. The lowest BCUT2D eigenvalue weighted by Gasteiger charge is -2.09. The zero-order valence-electron chi connectivity index (χ0n) is 19.5. The molecule has 0 fully saturated rings. The lowest BCUT2D eigenvalue weighted by molar-refractivity contribution is -0.119. The van der Waals surface area contributed by atoms with Crippen LogP contribution in [-0.2, 0) is 16.2 Å². The summed E-state index contributed by atoms with van der Waals surface area (Å²) in [5.74, 6) is -0.695. The maximum Gasteiger partial charge on any atom is 0.365 e. The number of ether oxygens (including phenoxy) is 1. The first-order valence-electron chi connectivity index (χ1n) is 11.0. The molecular weight excluding hydrogens is 444 g/mol. The van der Waals surface area contributed by atoms with Gasteiger partial charge in [0.25, 0.3) is 5.91 Å². The summed E-state index contributed by atoms with van der Waals surface area (Å²) in [6.07, 6.45) is 0. The molecule has 0 radical (unpaired) electrons. The summed E-state index contributed by atoms with van der Waals surface area (Å²) in [5, 5.41) is 4.76. The second-order valence-electron chi connectivity index (χ2n) is 8.15. The molecule has 4 aromatic rings. The second kappa shape index (κ2) is 10.1. The molecule has 0 saturated carbocycles. The summed E-state index contributed by atoms with van der Waals surface area (Å²) in [4.78, 5) is 28.6. The number of hydrogen-bond donors (Lipinski definition) is 2. The number of rotatable bonds is 8. The van der Waals surface area contributed by atoms with Crippen molar-refractivity contribution in [1.82, 2.24) is 4.57 Å². The molecule has 0 unspecified atom stereocenters. The van der Waals surface area contributed by atoms with Gasteiger partial charge in [-0.05, 0) is 67.4 Å². The van der Waals surface area contributed by atoms with E-state index in [9.17, 15) is 9.59 Å². The number of primary amides is 1. The minimum absolute atomic E-state index is 0.0296. The van der Waals surface area contributed by atoms with E-state index >= 15 is 0 Å². The van der Waals surface area contributed by atoms with Crippen molar-refractivity contribution in [1.29, 1.82) is 0 Å². The molecule has 1 amide bonds. The van der Waals surface area contributed by atoms with E-state index in [-0.39, 0.29) is 12.4 Å². The molecule has 178 valence electrons. The van der Waals surface area contributed by atoms with Crippen LogP contribution in [0.4, 0.5) is 0 Å². The lowest BCUT2D eigenvalue weighted by Crippen LogP contribution is -2.20. The number of carbonyl (C=O) groups excluding carboxylic acids is 2. The molecule has 0 saturated heterocycles. The Morgan fingerprint density at radius 2 is 1.60 bits per heavy atom. The van der Waals surface area contributed by atoms with E-state index in [1.807, 2.05) is 37.3 Å². The molecule has 4 N–H and O–H groups in total. The van der Waals surface area contributed by atoms with Crippen LogP contribution in [0.5, 0.6) is 5.75 Å². The number of nitrogens with zero attached hydrogens (tertiary/aromatic N) is 2. The van der Waals surface area contributed by atoms with Gasteiger partial charge >= 0.3 is 5.97 Å². The Morgan fingerprint density at radius 1 is 0.914 bits per heavy atom. The molecule has 0 bridgehead atoms. The SMILES string of the molecule is Cc1c(C)n(Cc2ccccc2)c2ccc(C(=O)O/N=C(\N)c3ccc(OCC(N)=O)cc3)cc12. The molecule has 8 nitrogen and oxygen atoms in total. The number of fused-ring (bicyclic) bond motifs is 1. The largest absolute Gasteiger partial charge is 0.484 e. The van der Waals surface area contributed by atoms with Crippen LogP contribution < -0.4 is 16.2 Å². The summed E-state index contributed by atoms with van der Waals surface area (Å²) in [6, 6.07) is 22.2. The van der Waals surface area contributed by atoms with Crippen LogP contribution in [-0.4, -0.2) is 28.9 Å². The fraction of sp³-hybridized carbons (Fsp3) is 0.148. The number of amides is 1. The number of aryl methyl sites for hydroxylation is 1. The quantitative estimate of drug-likeness (QED) is 0.176. The van der Waals surface area contributed by atoms with Crippen molar-refractivity contribution in [3.05, 3.63) is 101 Å². The number of nitrogens with two attached hydrogens (primary N) is 2. The average Bonchev–Trinajstić information content (AvgIpc) is 3.11. The van der Waals surface area contributed by atoms with Crippen molar-refractivity contribution in [3.8, 4) is 5.75 Å². The van der Waals surface area contributed by atoms with Gasteiger partial charge in [-0.2, -0.15) is 0 Å². The highest BCUT2D eigenvalue weighted by Gasteiger charge is 2.15. The van der Waals surface area contributed by atoms with E-state index in [1.165, 1.54) is 5.56 Å². The van der Waals surface area contributed by atoms with E-state index in [0.29, 0.717) is 16.9 Å². The first-order valence-corrected chi connectivity index (χ1v) is 11.0. The smallest absolute Gasteiger partial charge is 0.365 e. The van der Waals surface area contributed by atoms with Crippen LogP contribution >= 0.6 is 0 Å². The predicted octanol–water partition coefficient (Wildman–Crippen LogP) is 3.65. The van der Waals surface area contributed by atoms with Gasteiger partial charge in [-0.1, -0.05) is 35.5 Å². The highest BCUT2D eigenvalue weighted by molar-refractivity contribution is 5.99. The van der Waals surface area contributed by atoms with Gasteiger partial charge in [0.2, 0.25) is 0 Å². The normalized spacial score (nSPS) is 11.4. The first kappa shape index (κ1) is 23.6. The van der Waals surface area contributed by atoms with E-state index in [2.05, 4.69) is 28.8 Å². The summed E-state index contributed by atoms with van der Waals surface area (Å²) in [6.45, 7) is 4.64. The molecular formula is C27H26N4O4. The molecule has 0 aliphatic heterocycles. The van der Waals surface area contributed by atoms with Gasteiger partial charge in [0.1, 0.15) is 5.75 Å². The maximum absolute atomic E-state index is 12.7. The van der Waals surface area contributed by atoms with Crippen LogP contribution in [0.15, 0.2) is 78.0 Å². The van der Waals surface area contributed by atoms with Gasteiger partial charge in [-0.3, -0.25) is 4.79 Å². The van der Waals surface area contributed by atoms with Crippen LogP contribution in [0, 0.1) is 13.8 Å². The number of benzene rings is 3. The standard InChI is InChI=1S/C27H26N4O4/c1-17-18(2)31(15-19-6-4-3-5-7-19)24-13-10-21(14-23(17)24)27(33)35-30-26(29)20-8-11-22(12-9-20)34-16-25(28)32/h3-14H,15-16H2,1-2H3,(H2,28,32)(H2,29,30). The summed E-state index contributed by atoms with van der Waals surface area (Å²) >= 11 is 0.